The number of fused-ring (bicyclic) bond motifs is 1. The van der Waals surface area contributed by atoms with Crippen LogP contribution in [0, 0.1) is 17.0 Å². The van der Waals surface area contributed by atoms with Crippen LogP contribution in [0.25, 0.3) is 11.1 Å². The summed E-state index contributed by atoms with van der Waals surface area (Å²) in [6.07, 6.45) is -4.33. The molecule has 1 aliphatic heterocycles. The molecule has 0 aliphatic carbocycles. The Morgan fingerprint density at radius 1 is 1.15 bits per heavy atom. The van der Waals surface area contributed by atoms with Gasteiger partial charge >= 0.3 is 18.2 Å². The van der Waals surface area contributed by atoms with Crippen LogP contribution in [0.15, 0.2) is 48.5 Å². The monoisotopic (exact) mass is 463 g/mol. The zero-order valence-electron chi connectivity index (χ0n) is 17.5. The zero-order chi connectivity index (χ0) is 23.6. The minimum atomic E-state index is -4.72. The second kappa shape index (κ2) is 9.10. The summed E-state index contributed by atoms with van der Waals surface area (Å²) in [4.78, 5) is 14.5. The van der Waals surface area contributed by atoms with Crippen molar-refractivity contribution in [3.63, 3.8) is 0 Å². The van der Waals surface area contributed by atoms with Gasteiger partial charge in [-0.3, -0.25) is 4.57 Å². The summed E-state index contributed by atoms with van der Waals surface area (Å²) in [6, 6.07) is 13.3. The van der Waals surface area contributed by atoms with E-state index in [9.17, 15) is 23.3 Å². The highest BCUT2D eigenvalue weighted by Gasteiger charge is 2.32. The van der Waals surface area contributed by atoms with Crippen molar-refractivity contribution in [2.45, 2.75) is 39.0 Å². The van der Waals surface area contributed by atoms with Gasteiger partial charge in [0.05, 0.1) is 13.2 Å². The molecule has 3 aromatic rings. The van der Waals surface area contributed by atoms with Gasteiger partial charge in [0.2, 0.25) is 0 Å². The number of hydrogen-bond acceptors (Lipinski definition) is 6. The van der Waals surface area contributed by atoms with E-state index in [1.54, 1.807) is 23.6 Å². The van der Waals surface area contributed by atoms with E-state index in [4.69, 9.17) is 9.47 Å². The van der Waals surface area contributed by atoms with Gasteiger partial charge in [-0.15, -0.1) is 13.2 Å². The smallest absolute Gasteiger partial charge is 0.440 e. The predicted octanol–water partition coefficient (Wildman–Crippen LogP) is 5.03. The summed E-state index contributed by atoms with van der Waals surface area (Å²) in [5.41, 5.74) is 2.99. The first-order valence-electron chi connectivity index (χ1n) is 10.1. The Kier molecular flexibility index (Phi) is 6.23. The molecule has 11 heteroatoms. The van der Waals surface area contributed by atoms with Gasteiger partial charge in [-0.1, -0.05) is 36.4 Å². The molecule has 0 saturated heterocycles. The van der Waals surface area contributed by atoms with Gasteiger partial charge in [0.15, 0.2) is 0 Å². The molecule has 174 valence electrons. The third kappa shape index (κ3) is 5.43. The van der Waals surface area contributed by atoms with Gasteiger partial charge in [-0.2, -0.15) is 0 Å². The molecule has 2 heterocycles. The zero-order valence-corrected chi connectivity index (χ0v) is 17.5. The van der Waals surface area contributed by atoms with E-state index < -0.39 is 11.3 Å². The van der Waals surface area contributed by atoms with Gasteiger partial charge in [0.1, 0.15) is 17.5 Å². The quantitative estimate of drug-likeness (QED) is 0.361. The molecule has 33 heavy (non-hydrogen) atoms. The summed E-state index contributed by atoms with van der Waals surface area (Å²) in [5, 5.41) is 11.0. The van der Waals surface area contributed by atoms with Crippen LogP contribution in [0.2, 0.25) is 0 Å². The van der Waals surface area contributed by atoms with Crippen LogP contribution >= 0.6 is 0 Å². The van der Waals surface area contributed by atoms with E-state index in [0.29, 0.717) is 31.9 Å². The fourth-order valence-electron chi connectivity index (χ4n) is 3.57. The average molecular weight is 463 g/mol. The van der Waals surface area contributed by atoms with Crippen molar-refractivity contribution in [1.82, 2.24) is 9.55 Å². The molecule has 0 bridgehead atoms. The maximum absolute atomic E-state index is 12.3. The number of halogens is 3. The molecule has 8 nitrogen and oxygen atoms in total. The van der Waals surface area contributed by atoms with E-state index in [-0.39, 0.29) is 23.7 Å². The third-order valence-electron chi connectivity index (χ3n) is 5.23. The van der Waals surface area contributed by atoms with Gasteiger partial charge in [0.25, 0.3) is 0 Å². The lowest BCUT2D eigenvalue weighted by atomic mass is 10.0. The molecule has 1 aromatic heterocycles. The molecule has 0 spiro atoms. The molecule has 2 aromatic carbocycles. The first kappa shape index (κ1) is 22.6. The van der Waals surface area contributed by atoms with Crippen LogP contribution in [0.1, 0.15) is 17.7 Å². The molecular weight excluding hydrogens is 443 g/mol. The van der Waals surface area contributed by atoms with Crippen molar-refractivity contribution in [3.8, 4) is 22.9 Å². The number of nitro groups is 1. The number of nitrogens with zero attached hydrogens (tertiary/aromatic N) is 3. The molecule has 4 rings (SSSR count). The second-order valence-corrected chi connectivity index (χ2v) is 7.52. The second-order valence-electron chi connectivity index (χ2n) is 7.52. The van der Waals surface area contributed by atoms with Gasteiger partial charge in [0, 0.05) is 17.9 Å². The maximum Gasteiger partial charge on any atom is 0.573 e. The standard InChI is InChI=1S/C22H20F3N3O5/c1-14-20(28(29)30)26-21-27(14)11-10-19(32-21)13-31-12-15-2-4-16(5-3-15)17-6-8-18(9-7-17)33-22(23,24)25/h2-9,19H,10-13H2,1H3. The van der Waals surface area contributed by atoms with E-state index in [2.05, 4.69) is 9.72 Å². The van der Waals surface area contributed by atoms with Crippen LogP contribution in [0.5, 0.6) is 11.8 Å². The lowest BCUT2D eigenvalue weighted by molar-refractivity contribution is -0.390. The Morgan fingerprint density at radius 2 is 1.79 bits per heavy atom. The molecule has 0 N–H and O–H groups in total. The van der Waals surface area contributed by atoms with Crippen LogP contribution in [0.4, 0.5) is 19.0 Å². The topological polar surface area (TPSA) is 88.7 Å². The van der Waals surface area contributed by atoms with Crippen LogP contribution in [0.3, 0.4) is 0 Å². The Morgan fingerprint density at radius 3 is 2.39 bits per heavy atom. The molecule has 1 unspecified atom stereocenters. The first-order valence-corrected chi connectivity index (χ1v) is 10.1. The van der Waals surface area contributed by atoms with Crippen molar-refractivity contribution in [2.24, 2.45) is 0 Å². The highest BCUT2D eigenvalue weighted by molar-refractivity contribution is 5.64. The predicted molar refractivity (Wildman–Crippen MR) is 111 cm³/mol. The summed E-state index contributed by atoms with van der Waals surface area (Å²) in [5.74, 6) is -0.470. The summed E-state index contributed by atoms with van der Waals surface area (Å²) >= 11 is 0. The summed E-state index contributed by atoms with van der Waals surface area (Å²) < 4.78 is 53.9. The first-order chi connectivity index (χ1) is 15.7. The van der Waals surface area contributed by atoms with E-state index >= 15 is 0 Å². The normalized spacial score (nSPS) is 15.6. The van der Waals surface area contributed by atoms with Crippen LogP contribution in [-0.2, 0) is 17.9 Å². The average Bonchev–Trinajstić information content (AvgIpc) is 3.10. The SMILES string of the molecule is Cc1c([N+](=O)[O-])nc2n1CCC(COCc1ccc(-c3ccc(OC(F)(F)F)cc3)cc1)O2. The van der Waals surface area contributed by atoms with E-state index in [1.165, 1.54) is 12.1 Å². The van der Waals surface area contributed by atoms with Crippen molar-refractivity contribution in [3.05, 3.63) is 69.9 Å². The molecule has 0 saturated carbocycles. The number of rotatable bonds is 7. The Hall–Kier alpha value is -3.60. The van der Waals surface area contributed by atoms with Crippen molar-refractivity contribution >= 4 is 5.82 Å². The number of benzene rings is 2. The number of alkyl halides is 3. The highest BCUT2D eigenvalue weighted by atomic mass is 19.4. The fraction of sp³-hybridized carbons (Fsp3) is 0.318. The van der Waals surface area contributed by atoms with Gasteiger partial charge < -0.3 is 24.3 Å². The van der Waals surface area contributed by atoms with Crippen molar-refractivity contribution < 1.29 is 32.3 Å². The van der Waals surface area contributed by atoms with Gasteiger partial charge in [-0.25, -0.2) is 0 Å². The lowest BCUT2D eigenvalue weighted by Crippen LogP contribution is -2.30. The molecule has 0 fully saturated rings. The van der Waals surface area contributed by atoms with Crippen LogP contribution in [-0.4, -0.2) is 33.5 Å². The number of imidazole rings is 1. The fourth-order valence-corrected chi connectivity index (χ4v) is 3.57. The number of ether oxygens (including phenoxy) is 3. The van der Waals surface area contributed by atoms with Crippen LogP contribution < -0.4 is 9.47 Å². The Labute approximate surface area is 186 Å². The highest BCUT2D eigenvalue weighted by Crippen LogP contribution is 2.29. The number of hydrogen-bond donors (Lipinski definition) is 0. The Bertz CT molecular complexity index is 1130. The number of aromatic nitrogens is 2. The minimum absolute atomic E-state index is 0.200. The summed E-state index contributed by atoms with van der Waals surface area (Å²) in [6.45, 7) is 2.86. The molecule has 0 radical (unpaired) electrons. The Balaban J connectivity index is 1.29. The van der Waals surface area contributed by atoms with E-state index in [1.807, 2.05) is 24.3 Å². The summed E-state index contributed by atoms with van der Waals surface area (Å²) in [7, 11) is 0. The van der Waals surface area contributed by atoms with E-state index in [0.717, 1.165) is 16.7 Å². The molecule has 0 amide bonds. The van der Waals surface area contributed by atoms with Crippen molar-refractivity contribution in [1.29, 1.82) is 0 Å². The molecule has 1 atom stereocenters. The third-order valence-corrected chi connectivity index (χ3v) is 5.23. The molecule has 1 aliphatic rings. The minimum Gasteiger partial charge on any atom is -0.440 e. The maximum atomic E-state index is 12.3. The largest absolute Gasteiger partial charge is 0.573 e. The molecular formula is C22H20F3N3O5. The lowest BCUT2D eigenvalue weighted by Gasteiger charge is -2.22. The van der Waals surface area contributed by atoms with Gasteiger partial charge in [-0.05, 0) is 40.7 Å². The van der Waals surface area contributed by atoms with Crippen molar-refractivity contribution in [2.75, 3.05) is 6.61 Å².